The minimum atomic E-state index is 0.0220. The van der Waals surface area contributed by atoms with Gasteiger partial charge in [0.1, 0.15) is 6.04 Å². The first-order chi connectivity index (χ1) is 8.75. The van der Waals surface area contributed by atoms with Crippen molar-refractivity contribution in [2.45, 2.75) is 13.0 Å². The number of fused-ring (bicyclic) bond motifs is 1. The van der Waals surface area contributed by atoms with E-state index in [4.69, 9.17) is 0 Å². The molecule has 0 saturated carbocycles. The number of anilines is 1. The van der Waals surface area contributed by atoms with Gasteiger partial charge in [-0.05, 0) is 19.1 Å². The summed E-state index contributed by atoms with van der Waals surface area (Å²) in [6, 6.07) is 8.23. The number of aryl methyl sites for hydroxylation is 1. The number of carbonyl (C=O) groups excluding carboxylic acids is 1. The molecule has 96 valence electrons. The van der Waals surface area contributed by atoms with E-state index in [9.17, 15) is 4.79 Å². The molecule has 0 aromatic heterocycles. The fraction of sp³-hybridized carbons (Fsp3) is 0.500. The number of carbonyl (C=O) groups is 1. The van der Waals surface area contributed by atoms with E-state index in [0.717, 1.165) is 38.4 Å². The third-order valence-electron chi connectivity index (χ3n) is 3.86. The SMILES string of the molecule is Cc1ccc(N2CCN3CCNCC3C2=O)cc1. The molecule has 1 aromatic rings. The van der Waals surface area contributed by atoms with Crippen LogP contribution in [0.25, 0.3) is 0 Å². The van der Waals surface area contributed by atoms with Gasteiger partial charge < -0.3 is 10.2 Å². The van der Waals surface area contributed by atoms with Crippen molar-refractivity contribution in [3.8, 4) is 0 Å². The Labute approximate surface area is 108 Å². The largest absolute Gasteiger partial charge is 0.313 e. The molecular formula is C14H19N3O. The first-order valence-electron chi connectivity index (χ1n) is 6.58. The summed E-state index contributed by atoms with van der Waals surface area (Å²) < 4.78 is 0. The number of nitrogens with zero attached hydrogens (tertiary/aromatic N) is 2. The number of piperazine rings is 2. The summed E-state index contributed by atoms with van der Waals surface area (Å²) in [5, 5.41) is 3.31. The van der Waals surface area contributed by atoms with Gasteiger partial charge in [-0.2, -0.15) is 0 Å². The van der Waals surface area contributed by atoms with E-state index < -0.39 is 0 Å². The molecule has 1 N–H and O–H groups in total. The normalized spacial score (nSPS) is 25.1. The van der Waals surface area contributed by atoms with Crippen LogP contribution < -0.4 is 10.2 Å². The van der Waals surface area contributed by atoms with Gasteiger partial charge in [0, 0.05) is 38.4 Å². The minimum absolute atomic E-state index is 0.0220. The lowest BCUT2D eigenvalue weighted by Gasteiger charge is -2.43. The highest BCUT2D eigenvalue weighted by atomic mass is 16.2. The van der Waals surface area contributed by atoms with Gasteiger partial charge >= 0.3 is 0 Å². The molecular weight excluding hydrogens is 226 g/mol. The maximum Gasteiger partial charge on any atom is 0.245 e. The van der Waals surface area contributed by atoms with Crippen molar-refractivity contribution < 1.29 is 4.79 Å². The van der Waals surface area contributed by atoms with Gasteiger partial charge in [-0.25, -0.2) is 0 Å². The fourth-order valence-corrected chi connectivity index (χ4v) is 2.76. The van der Waals surface area contributed by atoms with Crippen LogP contribution in [0.2, 0.25) is 0 Å². The number of rotatable bonds is 1. The molecule has 4 nitrogen and oxygen atoms in total. The average Bonchev–Trinajstić information content (AvgIpc) is 2.41. The van der Waals surface area contributed by atoms with E-state index in [1.54, 1.807) is 0 Å². The second kappa shape index (κ2) is 4.71. The maximum absolute atomic E-state index is 12.5. The molecule has 1 unspecified atom stereocenters. The van der Waals surface area contributed by atoms with E-state index in [0.29, 0.717) is 0 Å². The van der Waals surface area contributed by atoms with E-state index >= 15 is 0 Å². The summed E-state index contributed by atoms with van der Waals surface area (Å²) in [4.78, 5) is 16.7. The highest BCUT2D eigenvalue weighted by Crippen LogP contribution is 2.21. The van der Waals surface area contributed by atoms with Crippen LogP contribution in [0.4, 0.5) is 5.69 Å². The van der Waals surface area contributed by atoms with Crippen LogP contribution in [0, 0.1) is 6.92 Å². The van der Waals surface area contributed by atoms with Gasteiger partial charge in [0.25, 0.3) is 0 Å². The monoisotopic (exact) mass is 245 g/mol. The van der Waals surface area contributed by atoms with Crippen molar-refractivity contribution in [1.29, 1.82) is 0 Å². The maximum atomic E-state index is 12.5. The van der Waals surface area contributed by atoms with Crippen LogP contribution in [0.15, 0.2) is 24.3 Å². The summed E-state index contributed by atoms with van der Waals surface area (Å²) in [5.74, 6) is 0.234. The van der Waals surface area contributed by atoms with Crippen LogP contribution in [0.5, 0.6) is 0 Å². The van der Waals surface area contributed by atoms with Crippen molar-refractivity contribution in [1.82, 2.24) is 10.2 Å². The van der Waals surface area contributed by atoms with Crippen LogP contribution in [-0.4, -0.2) is 49.6 Å². The van der Waals surface area contributed by atoms with E-state index in [-0.39, 0.29) is 11.9 Å². The Bertz CT molecular complexity index is 443. The summed E-state index contributed by atoms with van der Waals surface area (Å²) in [6.45, 7) is 6.60. The van der Waals surface area contributed by atoms with Crippen LogP contribution in [0.1, 0.15) is 5.56 Å². The number of hydrogen-bond donors (Lipinski definition) is 1. The van der Waals surface area contributed by atoms with Crippen LogP contribution in [0.3, 0.4) is 0 Å². The van der Waals surface area contributed by atoms with Gasteiger partial charge in [0.05, 0.1) is 0 Å². The van der Waals surface area contributed by atoms with Crippen LogP contribution >= 0.6 is 0 Å². The van der Waals surface area contributed by atoms with Gasteiger partial charge in [0.2, 0.25) is 5.91 Å². The summed E-state index contributed by atoms with van der Waals surface area (Å²) >= 11 is 0. The van der Waals surface area contributed by atoms with Gasteiger partial charge in [-0.1, -0.05) is 17.7 Å². The molecule has 0 aliphatic carbocycles. The smallest absolute Gasteiger partial charge is 0.245 e. The van der Waals surface area contributed by atoms with Crippen molar-refractivity contribution in [3.63, 3.8) is 0 Å². The highest BCUT2D eigenvalue weighted by Gasteiger charge is 2.36. The zero-order chi connectivity index (χ0) is 12.5. The van der Waals surface area contributed by atoms with Crippen molar-refractivity contribution in [2.24, 2.45) is 0 Å². The number of amides is 1. The molecule has 4 heteroatoms. The molecule has 1 atom stereocenters. The lowest BCUT2D eigenvalue weighted by atomic mass is 10.1. The Kier molecular flexibility index (Phi) is 3.06. The van der Waals surface area contributed by atoms with Crippen LogP contribution in [-0.2, 0) is 4.79 Å². The topological polar surface area (TPSA) is 35.6 Å². The number of nitrogens with one attached hydrogen (secondary N) is 1. The predicted octanol–water partition coefficient (Wildman–Crippen LogP) is 0.615. The lowest BCUT2D eigenvalue weighted by Crippen LogP contribution is -2.64. The lowest BCUT2D eigenvalue weighted by molar-refractivity contribution is -0.126. The van der Waals surface area contributed by atoms with E-state index in [2.05, 4.69) is 29.3 Å². The molecule has 1 amide bonds. The van der Waals surface area contributed by atoms with Crippen molar-refractivity contribution >= 4 is 11.6 Å². The molecule has 1 aromatic carbocycles. The van der Waals surface area contributed by atoms with Gasteiger partial charge in [-0.15, -0.1) is 0 Å². The molecule has 0 spiro atoms. The summed E-state index contributed by atoms with van der Waals surface area (Å²) in [7, 11) is 0. The number of benzene rings is 1. The standard InChI is InChI=1S/C14H19N3O/c1-11-2-4-12(5-3-11)17-9-8-16-7-6-15-10-13(16)14(17)18/h2-5,13,15H,6-10H2,1H3. The molecule has 2 aliphatic rings. The molecule has 0 bridgehead atoms. The zero-order valence-electron chi connectivity index (χ0n) is 10.7. The Hall–Kier alpha value is -1.39. The fourth-order valence-electron chi connectivity index (χ4n) is 2.76. The quantitative estimate of drug-likeness (QED) is 0.787. The zero-order valence-corrected chi connectivity index (χ0v) is 10.7. The summed E-state index contributed by atoms with van der Waals surface area (Å²) in [5.41, 5.74) is 2.25. The average molecular weight is 245 g/mol. The molecule has 18 heavy (non-hydrogen) atoms. The summed E-state index contributed by atoms with van der Waals surface area (Å²) in [6.07, 6.45) is 0. The van der Waals surface area contributed by atoms with E-state index in [1.807, 2.05) is 17.0 Å². The molecule has 2 aliphatic heterocycles. The molecule has 2 fully saturated rings. The second-order valence-electron chi connectivity index (χ2n) is 5.08. The third kappa shape index (κ3) is 2.02. The second-order valence-corrected chi connectivity index (χ2v) is 5.08. The highest BCUT2D eigenvalue weighted by molar-refractivity contribution is 5.98. The molecule has 0 radical (unpaired) electrons. The Balaban J connectivity index is 1.81. The molecule has 2 saturated heterocycles. The molecule has 2 heterocycles. The Morgan fingerprint density at radius 1 is 1.17 bits per heavy atom. The first kappa shape index (κ1) is 11.7. The Morgan fingerprint density at radius 2 is 1.94 bits per heavy atom. The number of hydrogen-bond acceptors (Lipinski definition) is 3. The van der Waals surface area contributed by atoms with Gasteiger partial charge in [0.15, 0.2) is 0 Å². The first-order valence-corrected chi connectivity index (χ1v) is 6.58. The minimum Gasteiger partial charge on any atom is -0.313 e. The predicted molar refractivity (Wildman–Crippen MR) is 71.8 cm³/mol. The van der Waals surface area contributed by atoms with Gasteiger partial charge in [-0.3, -0.25) is 9.69 Å². The van der Waals surface area contributed by atoms with Crippen molar-refractivity contribution in [3.05, 3.63) is 29.8 Å². The van der Waals surface area contributed by atoms with E-state index in [1.165, 1.54) is 5.56 Å². The molecule has 3 rings (SSSR count). The Morgan fingerprint density at radius 3 is 2.72 bits per heavy atom. The third-order valence-corrected chi connectivity index (χ3v) is 3.86. The van der Waals surface area contributed by atoms with Crippen molar-refractivity contribution in [2.75, 3.05) is 37.6 Å².